The number of benzene rings is 1. The molecule has 1 aromatic carbocycles. The number of alkyl halides is 3. The molecule has 0 bridgehead atoms. The Kier molecular flexibility index (Phi) is 5.34. The Hall–Kier alpha value is -0.880. The van der Waals surface area contributed by atoms with Crippen molar-refractivity contribution < 1.29 is 23.1 Å². The van der Waals surface area contributed by atoms with E-state index in [2.05, 4.69) is 0 Å². The first-order valence-electron chi connectivity index (χ1n) is 4.93. The number of halogens is 4. The van der Waals surface area contributed by atoms with Gasteiger partial charge in [-0.05, 0) is 11.6 Å². The number of hydrogen-bond donors (Lipinski definition) is 1. The minimum absolute atomic E-state index is 0.250. The van der Waals surface area contributed by atoms with Crippen molar-refractivity contribution in [3.8, 4) is 0 Å². The zero-order chi connectivity index (χ0) is 13.8. The van der Waals surface area contributed by atoms with Gasteiger partial charge in [-0.2, -0.15) is 24.9 Å². The smallest absolute Gasteiger partial charge is 0.403 e. The fraction of sp³-hybridized carbons (Fsp3) is 0.364. The Labute approximate surface area is 111 Å². The minimum Gasteiger partial charge on any atom is -0.481 e. The van der Waals surface area contributed by atoms with Crippen LogP contribution >= 0.6 is 23.4 Å². The highest BCUT2D eigenvalue weighted by Gasteiger charge is 2.44. The van der Waals surface area contributed by atoms with E-state index in [1.165, 1.54) is 0 Å². The van der Waals surface area contributed by atoms with Crippen LogP contribution < -0.4 is 0 Å². The fourth-order valence-electron chi connectivity index (χ4n) is 1.21. The zero-order valence-electron chi connectivity index (χ0n) is 9.08. The van der Waals surface area contributed by atoms with Crippen LogP contribution in [0.5, 0.6) is 0 Å². The summed E-state index contributed by atoms with van der Waals surface area (Å²) in [5, 5.41) is 8.96. The van der Waals surface area contributed by atoms with Gasteiger partial charge in [-0.25, -0.2) is 0 Å². The molecule has 1 rings (SSSR count). The molecule has 0 heterocycles. The number of aliphatic carboxylic acids is 1. The summed E-state index contributed by atoms with van der Waals surface area (Å²) in [5.41, 5.74) is 0.690. The third kappa shape index (κ3) is 4.42. The Morgan fingerprint density at radius 1 is 1.39 bits per heavy atom. The van der Waals surface area contributed by atoms with Crippen LogP contribution in [-0.2, 0) is 10.5 Å². The standard InChI is InChI=1S/C11H10ClF3O2S/c12-9-4-2-1-3-7(9)5-18-6-8(10(16)17)11(13,14)15/h1-4,8H,5-6H2,(H,16,17). The molecule has 18 heavy (non-hydrogen) atoms. The molecule has 1 unspecified atom stereocenters. The quantitative estimate of drug-likeness (QED) is 0.897. The summed E-state index contributed by atoms with van der Waals surface area (Å²) < 4.78 is 37.1. The maximum absolute atomic E-state index is 12.4. The van der Waals surface area contributed by atoms with Crippen LogP contribution in [-0.4, -0.2) is 23.0 Å². The van der Waals surface area contributed by atoms with Gasteiger partial charge in [0.1, 0.15) is 0 Å². The van der Waals surface area contributed by atoms with Crippen LogP contribution in [0, 0.1) is 5.92 Å². The second-order valence-corrected chi connectivity index (χ2v) is 4.98. The van der Waals surface area contributed by atoms with Crippen LogP contribution in [0.1, 0.15) is 5.56 Å². The van der Waals surface area contributed by atoms with Crippen molar-refractivity contribution in [1.29, 1.82) is 0 Å². The zero-order valence-corrected chi connectivity index (χ0v) is 10.6. The first-order valence-corrected chi connectivity index (χ1v) is 6.46. The predicted octanol–water partition coefficient (Wildman–Crippen LogP) is 3.84. The molecule has 0 radical (unpaired) electrons. The third-order valence-electron chi connectivity index (χ3n) is 2.19. The molecule has 0 spiro atoms. The molecular formula is C11H10ClF3O2S. The summed E-state index contributed by atoms with van der Waals surface area (Å²) in [7, 11) is 0. The summed E-state index contributed by atoms with van der Waals surface area (Å²) in [6.45, 7) is 0. The maximum atomic E-state index is 12.4. The lowest BCUT2D eigenvalue weighted by atomic mass is 10.2. The van der Waals surface area contributed by atoms with Gasteiger partial charge in [0.2, 0.25) is 0 Å². The molecule has 1 N–H and O–H groups in total. The summed E-state index contributed by atoms with van der Waals surface area (Å²) in [5.74, 6) is -4.47. The molecule has 0 aliphatic carbocycles. The van der Waals surface area contributed by atoms with Crippen LogP contribution in [0.3, 0.4) is 0 Å². The van der Waals surface area contributed by atoms with Gasteiger partial charge in [-0.15, -0.1) is 0 Å². The summed E-state index contributed by atoms with van der Waals surface area (Å²) in [6.07, 6.45) is -4.72. The van der Waals surface area contributed by atoms with E-state index in [-0.39, 0.29) is 5.75 Å². The second-order valence-electron chi connectivity index (χ2n) is 3.54. The SMILES string of the molecule is O=C(O)C(CSCc1ccccc1Cl)C(F)(F)F. The lowest BCUT2D eigenvalue weighted by Gasteiger charge is -2.15. The van der Waals surface area contributed by atoms with Crippen LogP contribution in [0.15, 0.2) is 24.3 Å². The lowest BCUT2D eigenvalue weighted by molar-refractivity contribution is -0.188. The molecule has 0 aliphatic heterocycles. The molecule has 0 saturated carbocycles. The van der Waals surface area contributed by atoms with E-state index >= 15 is 0 Å². The highest BCUT2D eigenvalue weighted by molar-refractivity contribution is 7.98. The molecule has 1 atom stereocenters. The van der Waals surface area contributed by atoms with Crippen LogP contribution in [0.4, 0.5) is 13.2 Å². The fourth-order valence-corrected chi connectivity index (χ4v) is 2.65. The van der Waals surface area contributed by atoms with Gasteiger partial charge in [0.15, 0.2) is 5.92 Å². The Balaban J connectivity index is 2.55. The molecule has 0 saturated heterocycles. The maximum Gasteiger partial charge on any atom is 0.403 e. The highest BCUT2D eigenvalue weighted by Crippen LogP contribution is 2.31. The largest absolute Gasteiger partial charge is 0.481 e. The number of carboxylic acid groups (broad SMARTS) is 1. The number of carbonyl (C=O) groups is 1. The lowest BCUT2D eigenvalue weighted by Crippen LogP contribution is -2.32. The number of hydrogen-bond acceptors (Lipinski definition) is 2. The Morgan fingerprint density at radius 3 is 2.50 bits per heavy atom. The van der Waals surface area contributed by atoms with Crippen LogP contribution in [0.2, 0.25) is 5.02 Å². The van der Waals surface area contributed by atoms with E-state index in [0.717, 1.165) is 11.8 Å². The van der Waals surface area contributed by atoms with Gasteiger partial charge >= 0.3 is 12.1 Å². The Morgan fingerprint density at radius 2 is 2.00 bits per heavy atom. The van der Waals surface area contributed by atoms with Gasteiger partial charge < -0.3 is 5.11 Å². The van der Waals surface area contributed by atoms with Gasteiger partial charge in [0, 0.05) is 16.5 Å². The van der Waals surface area contributed by atoms with E-state index < -0.39 is 23.8 Å². The molecule has 0 fully saturated rings. The normalized spacial score (nSPS) is 13.3. The number of rotatable bonds is 5. The highest BCUT2D eigenvalue weighted by atomic mass is 35.5. The molecule has 0 amide bonds. The van der Waals surface area contributed by atoms with Crippen molar-refractivity contribution in [3.05, 3.63) is 34.9 Å². The number of thioether (sulfide) groups is 1. The van der Waals surface area contributed by atoms with Gasteiger partial charge in [0.25, 0.3) is 0 Å². The molecule has 7 heteroatoms. The first kappa shape index (κ1) is 15.2. The number of carboxylic acids is 1. The molecule has 1 aromatic rings. The third-order valence-corrected chi connectivity index (χ3v) is 3.65. The topological polar surface area (TPSA) is 37.3 Å². The first-order chi connectivity index (χ1) is 8.32. The van der Waals surface area contributed by atoms with E-state index in [4.69, 9.17) is 16.7 Å². The van der Waals surface area contributed by atoms with Crippen molar-refractivity contribution in [2.24, 2.45) is 5.92 Å². The summed E-state index contributed by atoms with van der Waals surface area (Å²) >= 11 is 6.74. The Bertz CT molecular complexity index is 423. The van der Waals surface area contributed by atoms with Crippen molar-refractivity contribution >= 4 is 29.3 Å². The monoisotopic (exact) mass is 298 g/mol. The molecule has 0 aromatic heterocycles. The second kappa shape index (κ2) is 6.33. The minimum atomic E-state index is -4.72. The van der Waals surface area contributed by atoms with Gasteiger partial charge in [0.05, 0.1) is 0 Å². The molecule has 0 aliphatic rings. The van der Waals surface area contributed by atoms with E-state index in [1.54, 1.807) is 24.3 Å². The molecule has 2 nitrogen and oxygen atoms in total. The molecule has 100 valence electrons. The average molecular weight is 299 g/mol. The summed E-state index contributed by atoms with van der Waals surface area (Å²) in [4.78, 5) is 10.5. The average Bonchev–Trinajstić information content (AvgIpc) is 2.24. The van der Waals surface area contributed by atoms with Crippen LogP contribution in [0.25, 0.3) is 0 Å². The van der Waals surface area contributed by atoms with E-state index in [1.807, 2.05) is 0 Å². The van der Waals surface area contributed by atoms with Crippen molar-refractivity contribution in [1.82, 2.24) is 0 Å². The van der Waals surface area contributed by atoms with Crippen molar-refractivity contribution in [3.63, 3.8) is 0 Å². The van der Waals surface area contributed by atoms with E-state index in [9.17, 15) is 18.0 Å². The predicted molar refractivity (Wildman–Crippen MR) is 64.8 cm³/mol. The van der Waals surface area contributed by atoms with Crippen molar-refractivity contribution in [2.75, 3.05) is 5.75 Å². The molecular weight excluding hydrogens is 289 g/mol. The van der Waals surface area contributed by atoms with E-state index in [0.29, 0.717) is 10.6 Å². The van der Waals surface area contributed by atoms with Gasteiger partial charge in [-0.1, -0.05) is 29.8 Å². The van der Waals surface area contributed by atoms with Gasteiger partial charge in [-0.3, -0.25) is 4.79 Å². The van der Waals surface area contributed by atoms with Crippen molar-refractivity contribution in [2.45, 2.75) is 11.9 Å². The summed E-state index contributed by atoms with van der Waals surface area (Å²) in [6, 6.07) is 6.76.